The van der Waals surface area contributed by atoms with Gasteiger partial charge in [-0.1, -0.05) is 54.2 Å². The van der Waals surface area contributed by atoms with Gasteiger partial charge in [0.25, 0.3) is 0 Å². The molecule has 0 radical (unpaired) electrons. The summed E-state index contributed by atoms with van der Waals surface area (Å²) in [7, 11) is 0. The maximum absolute atomic E-state index is 6.19. The van der Waals surface area contributed by atoms with Crippen molar-refractivity contribution in [3.05, 3.63) is 95.1 Å². The molecular weight excluding hydrogens is 500 g/mol. The highest BCUT2D eigenvalue weighted by Crippen LogP contribution is 2.38. The minimum atomic E-state index is 0.634. The number of anilines is 1. The molecular formula is C30H27ClN4OS. The molecule has 0 saturated heterocycles. The van der Waals surface area contributed by atoms with Crippen LogP contribution in [0.4, 0.5) is 5.69 Å². The maximum atomic E-state index is 6.19. The summed E-state index contributed by atoms with van der Waals surface area (Å²) >= 11 is 12.3. The number of halogens is 1. The molecule has 1 aliphatic heterocycles. The van der Waals surface area contributed by atoms with E-state index in [0.29, 0.717) is 16.6 Å². The predicted octanol–water partition coefficient (Wildman–Crippen LogP) is 7.65. The number of benzene rings is 3. The fourth-order valence-electron chi connectivity index (χ4n) is 5.17. The molecule has 5 nitrogen and oxygen atoms in total. The molecule has 0 atom stereocenters. The van der Waals surface area contributed by atoms with Gasteiger partial charge in [0, 0.05) is 33.9 Å². The van der Waals surface area contributed by atoms with Gasteiger partial charge in [0.2, 0.25) is 0 Å². The van der Waals surface area contributed by atoms with Crippen LogP contribution in [0.3, 0.4) is 0 Å². The number of nitrogens with zero attached hydrogens (tertiary/aromatic N) is 3. The van der Waals surface area contributed by atoms with Crippen molar-refractivity contribution >= 4 is 40.1 Å². The number of nitrogens with one attached hydrogen (secondary N) is 1. The largest absolute Gasteiger partial charge is 0.494 e. The van der Waals surface area contributed by atoms with Crippen molar-refractivity contribution < 1.29 is 4.74 Å². The van der Waals surface area contributed by atoms with Crippen LogP contribution in [-0.4, -0.2) is 25.8 Å². The van der Waals surface area contributed by atoms with E-state index >= 15 is 0 Å². The molecule has 0 amide bonds. The van der Waals surface area contributed by atoms with Gasteiger partial charge in [0.05, 0.1) is 6.61 Å². The lowest BCUT2D eigenvalue weighted by molar-refractivity contribution is 0.340. The second-order valence-corrected chi connectivity index (χ2v) is 10.00. The molecule has 3 heterocycles. The molecule has 0 unspecified atom stereocenters. The van der Waals surface area contributed by atoms with Crippen LogP contribution in [0.2, 0.25) is 5.02 Å². The monoisotopic (exact) mass is 526 g/mol. The number of rotatable bonds is 6. The zero-order valence-electron chi connectivity index (χ0n) is 20.6. The molecule has 37 heavy (non-hydrogen) atoms. The molecule has 2 aromatic heterocycles. The van der Waals surface area contributed by atoms with Crippen LogP contribution in [0.1, 0.15) is 31.0 Å². The standard InChI is InChI=1S/C30H27ClN4OS/c1-2-36-24-17-15-23(16-18-24)32-29(37)27-26(20-8-4-3-5-9-20)25-10-6-7-19-34-28(33-35(27)30(25)34)21-11-13-22(31)14-12-21/h3-5,8-9,11-18H,2,6-7,10,19H2,1H3,(H,32,37). The minimum absolute atomic E-state index is 0.634. The van der Waals surface area contributed by atoms with Gasteiger partial charge in [-0.3, -0.25) is 0 Å². The van der Waals surface area contributed by atoms with E-state index < -0.39 is 0 Å². The Morgan fingerprint density at radius 1 is 0.973 bits per heavy atom. The van der Waals surface area contributed by atoms with E-state index in [1.54, 1.807) is 0 Å². The minimum Gasteiger partial charge on any atom is -0.494 e. The molecule has 0 aliphatic carbocycles. The molecule has 1 aliphatic rings. The SMILES string of the molecule is CCOc1ccc(NC(=S)c2c(-c3ccccc3)c3c4n(c(-c5ccc(Cl)cc5)nn24)CCCC3)cc1. The average molecular weight is 527 g/mol. The summed E-state index contributed by atoms with van der Waals surface area (Å²) in [5, 5.41) is 9.34. The number of aryl methyl sites for hydroxylation is 2. The molecule has 0 bridgehead atoms. The summed E-state index contributed by atoms with van der Waals surface area (Å²) < 4.78 is 10.0. The fraction of sp³-hybridized carbons (Fsp3) is 0.200. The lowest BCUT2D eigenvalue weighted by Crippen LogP contribution is -2.15. The molecule has 186 valence electrons. The first-order valence-corrected chi connectivity index (χ1v) is 13.4. The third-order valence-electron chi connectivity index (χ3n) is 6.79. The first-order chi connectivity index (χ1) is 18.1. The van der Waals surface area contributed by atoms with E-state index in [9.17, 15) is 0 Å². The van der Waals surface area contributed by atoms with E-state index in [2.05, 4.69) is 38.7 Å². The van der Waals surface area contributed by atoms with Gasteiger partial charge in [0.1, 0.15) is 22.1 Å². The van der Waals surface area contributed by atoms with Gasteiger partial charge in [-0.15, -0.1) is 5.10 Å². The van der Waals surface area contributed by atoms with Crippen LogP contribution >= 0.6 is 23.8 Å². The van der Waals surface area contributed by atoms with Crippen molar-refractivity contribution in [1.29, 1.82) is 0 Å². The molecule has 0 saturated carbocycles. The Kier molecular flexibility index (Phi) is 6.45. The Hall–Kier alpha value is -3.61. The van der Waals surface area contributed by atoms with Crippen LogP contribution in [0.5, 0.6) is 5.75 Å². The number of hydrogen-bond acceptors (Lipinski definition) is 3. The van der Waals surface area contributed by atoms with Crippen LogP contribution < -0.4 is 10.1 Å². The molecule has 0 fully saturated rings. The van der Waals surface area contributed by atoms with E-state index in [4.69, 9.17) is 33.7 Å². The summed E-state index contributed by atoms with van der Waals surface area (Å²) in [6, 6.07) is 26.3. The van der Waals surface area contributed by atoms with Gasteiger partial charge in [-0.05, 0) is 80.3 Å². The van der Waals surface area contributed by atoms with Crippen molar-refractivity contribution in [1.82, 2.24) is 14.2 Å². The Labute approximate surface area is 226 Å². The third-order valence-corrected chi connectivity index (χ3v) is 7.34. The normalized spacial score (nSPS) is 12.9. The maximum Gasteiger partial charge on any atom is 0.162 e. The van der Waals surface area contributed by atoms with E-state index in [-0.39, 0.29) is 0 Å². The average Bonchev–Trinajstić information content (AvgIpc) is 3.34. The van der Waals surface area contributed by atoms with Gasteiger partial charge in [-0.25, -0.2) is 4.52 Å². The van der Waals surface area contributed by atoms with Crippen LogP contribution in [0.25, 0.3) is 28.2 Å². The zero-order valence-corrected chi connectivity index (χ0v) is 22.1. The Morgan fingerprint density at radius 3 is 2.46 bits per heavy atom. The van der Waals surface area contributed by atoms with Crippen molar-refractivity contribution in [2.24, 2.45) is 0 Å². The first kappa shape index (κ1) is 23.8. The number of thiocarbonyl (C=S) groups is 1. The fourth-order valence-corrected chi connectivity index (χ4v) is 5.60. The van der Waals surface area contributed by atoms with E-state index in [0.717, 1.165) is 71.1 Å². The quantitative estimate of drug-likeness (QED) is 0.231. The lowest BCUT2D eigenvalue weighted by Gasteiger charge is -2.12. The van der Waals surface area contributed by atoms with Crippen molar-refractivity contribution in [2.75, 3.05) is 11.9 Å². The van der Waals surface area contributed by atoms with Crippen LogP contribution in [0, 0.1) is 0 Å². The Morgan fingerprint density at radius 2 is 1.73 bits per heavy atom. The highest BCUT2D eigenvalue weighted by atomic mass is 35.5. The van der Waals surface area contributed by atoms with Crippen LogP contribution in [-0.2, 0) is 13.0 Å². The van der Waals surface area contributed by atoms with Gasteiger partial charge in [-0.2, -0.15) is 0 Å². The third kappa shape index (κ3) is 4.41. The second-order valence-electron chi connectivity index (χ2n) is 9.15. The van der Waals surface area contributed by atoms with Crippen molar-refractivity contribution in [3.63, 3.8) is 0 Å². The highest BCUT2D eigenvalue weighted by Gasteiger charge is 2.29. The summed E-state index contributed by atoms with van der Waals surface area (Å²) in [5.41, 5.74) is 7.58. The van der Waals surface area contributed by atoms with Gasteiger partial charge < -0.3 is 14.6 Å². The Bertz CT molecular complexity index is 1570. The lowest BCUT2D eigenvalue weighted by atomic mass is 9.98. The summed E-state index contributed by atoms with van der Waals surface area (Å²) in [6.07, 6.45) is 3.19. The number of hydrogen-bond donors (Lipinski definition) is 1. The van der Waals surface area contributed by atoms with E-state index in [1.807, 2.05) is 61.5 Å². The Balaban J connectivity index is 1.53. The number of ether oxygens (including phenoxy) is 1. The molecule has 3 aromatic carbocycles. The molecule has 6 rings (SSSR count). The van der Waals surface area contributed by atoms with Crippen molar-refractivity contribution in [3.8, 4) is 28.3 Å². The summed E-state index contributed by atoms with van der Waals surface area (Å²) in [4.78, 5) is 0.636. The summed E-state index contributed by atoms with van der Waals surface area (Å²) in [5.74, 6) is 1.77. The molecule has 0 spiro atoms. The van der Waals surface area contributed by atoms with Gasteiger partial charge in [0.15, 0.2) is 5.82 Å². The molecule has 5 aromatic rings. The topological polar surface area (TPSA) is 43.5 Å². The summed E-state index contributed by atoms with van der Waals surface area (Å²) in [6.45, 7) is 3.52. The second kappa shape index (κ2) is 10.0. The highest BCUT2D eigenvalue weighted by molar-refractivity contribution is 7.81. The van der Waals surface area contributed by atoms with Crippen LogP contribution in [0.15, 0.2) is 78.9 Å². The predicted molar refractivity (Wildman–Crippen MR) is 155 cm³/mol. The zero-order chi connectivity index (χ0) is 25.4. The smallest absolute Gasteiger partial charge is 0.162 e. The molecule has 1 N–H and O–H groups in total. The molecule has 7 heteroatoms. The first-order valence-electron chi connectivity index (χ1n) is 12.6. The van der Waals surface area contributed by atoms with Gasteiger partial charge >= 0.3 is 0 Å². The van der Waals surface area contributed by atoms with Crippen molar-refractivity contribution in [2.45, 2.75) is 32.7 Å². The van der Waals surface area contributed by atoms with E-state index in [1.165, 1.54) is 5.56 Å². The number of aromatic nitrogens is 3.